The molecule has 0 unspecified atom stereocenters. The number of hydrogen-bond acceptors (Lipinski definition) is 4. The number of hydrogen-bond donors (Lipinski definition) is 0. The van der Waals surface area contributed by atoms with Crippen LogP contribution in [-0.4, -0.2) is 14.1 Å². The zero-order chi connectivity index (χ0) is 29.2. The topological polar surface area (TPSA) is 60.0 Å². The summed E-state index contributed by atoms with van der Waals surface area (Å²) in [7, 11) is 4.00. The molecule has 0 aromatic heterocycles. The molecule has 0 amide bonds. The standard InChI is InChI=1S/C36H37N3O/c1-35(2,3)32-19-24(20-33(40-32)36(4,5)6)18-27-21-29(25-14-16-28(17-15-25)39(7)8)31(23-38)34(30(27)22-37)26-12-10-9-11-13-26/h9-21H,1-8H3. The van der Waals surface area contributed by atoms with E-state index in [1.54, 1.807) is 0 Å². The van der Waals surface area contributed by atoms with Crippen molar-refractivity contribution in [1.29, 1.82) is 10.5 Å². The maximum absolute atomic E-state index is 10.5. The van der Waals surface area contributed by atoms with Crippen LogP contribution in [0.1, 0.15) is 58.2 Å². The predicted molar refractivity (Wildman–Crippen MR) is 165 cm³/mol. The molecule has 40 heavy (non-hydrogen) atoms. The lowest BCUT2D eigenvalue weighted by atomic mass is 9.84. The fraction of sp³-hybridized carbons (Fsp3) is 0.278. The van der Waals surface area contributed by atoms with Crippen molar-refractivity contribution in [2.75, 3.05) is 19.0 Å². The van der Waals surface area contributed by atoms with Gasteiger partial charge in [-0.05, 0) is 58.7 Å². The van der Waals surface area contributed by atoms with E-state index in [4.69, 9.17) is 4.74 Å². The normalized spacial score (nSPS) is 13.4. The first kappa shape index (κ1) is 28.5. The lowest BCUT2D eigenvalue weighted by molar-refractivity contribution is 0.161. The molecule has 0 bridgehead atoms. The van der Waals surface area contributed by atoms with Crippen molar-refractivity contribution >= 4 is 11.8 Å². The van der Waals surface area contributed by atoms with Gasteiger partial charge in [0.05, 0.1) is 11.1 Å². The van der Waals surface area contributed by atoms with Gasteiger partial charge in [-0.25, -0.2) is 0 Å². The highest BCUT2D eigenvalue weighted by Gasteiger charge is 2.29. The highest BCUT2D eigenvalue weighted by Crippen LogP contribution is 2.41. The minimum absolute atomic E-state index is 0.193. The molecule has 4 heteroatoms. The first-order valence-corrected chi connectivity index (χ1v) is 13.5. The Morgan fingerprint density at radius 1 is 0.725 bits per heavy atom. The molecule has 3 aromatic carbocycles. The van der Waals surface area contributed by atoms with Crippen molar-refractivity contribution in [2.45, 2.75) is 41.5 Å². The Balaban J connectivity index is 2.06. The van der Waals surface area contributed by atoms with Gasteiger partial charge < -0.3 is 9.64 Å². The van der Waals surface area contributed by atoms with E-state index in [1.165, 1.54) is 0 Å². The molecule has 1 aliphatic rings. The molecule has 1 heterocycles. The molecular formula is C36H37N3O. The van der Waals surface area contributed by atoms with E-state index in [1.807, 2.05) is 85.7 Å². The molecule has 0 atom stereocenters. The van der Waals surface area contributed by atoms with Gasteiger partial charge in [0.2, 0.25) is 0 Å². The van der Waals surface area contributed by atoms with Gasteiger partial charge in [-0.3, -0.25) is 0 Å². The van der Waals surface area contributed by atoms with E-state index in [0.717, 1.165) is 45.0 Å². The fourth-order valence-electron chi connectivity index (χ4n) is 4.64. The third-order valence-electron chi connectivity index (χ3n) is 6.95. The van der Waals surface area contributed by atoms with E-state index in [2.05, 4.69) is 65.8 Å². The number of ether oxygens (including phenoxy) is 1. The van der Waals surface area contributed by atoms with Crippen LogP contribution >= 0.6 is 0 Å². The van der Waals surface area contributed by atoms with Crippen LogP contribution in [0.2, 0.25) is 0 Å². The van der Waals surface area contributed by atoms with Crippen LogP contribution < -0.4 is 4.90 Å². The first-order valence-electron chi connectivity index (χ1n) is 13.5. The lowest BCUT2D eigenvalue weighted by Gasteiger charge is -2.32. The Bertz CT molecular complexity index is 1560. The van der Waals surface area contributed by atoms with Crippen LogP contribution in [0.15, 0.2) is 89.9 Å². The van der Waals surface area contributed by atoms with E-state index in [9.17, 15) is 10.5 Å². The Kier molecular flexibility index (Phi) is 7.77. The summed E-state index contributed by atoms with van der Waals surface area (Å²) in [5.74, 6) is 1.75. The number of nitriles is 2. The molecule has 0 spiro atoms. The zero-order valence-electron chi connectivity index (χ0n) is 24.8. The minimum Gasteiger partial charge on any atom is -0.465 e. The molecule has 202 valence electrons. The SMILES string of the molecule is CN(C)c1ccc(-c2cc(C=C3C=C(C(C)(C)C)OC(C(C)(C)C)=C3)c(C#N)c(-c3ccccc3)c2C#N)cc1. The maximum atomic E-state index is 10.5. The number of benzene rings is 3. The molecule has 0 fully saturated rings. The average molecular weight is 528 g/mol. The average Bonchev–Trinajstić information content (AvgIpc) is 2.91. The van der Waals surface area contributed by atoms with Crippen LogP contribution in [0.5, 0.6) is 0 Å². The fourth-order valence-corrected chi connectivity index (χ4v) is 4.64. The summed E-state index contributed by atoms with van der Waals surface area (Å²) in [6.45, 7) is 12.8. The van der Waals surface area contributed by atoms with Crippen molar-refractivity contribution in [2.24, 2.45) is 10.8 Å². The molecule has 0 N–H and O–H groups in total. The molecule has 0 aliphatic carbocycles. The maximum Gasteiger partial charge on any atom is 0.110 e. The van der Waals surface area contributed by atoms with Crippen LogP contribution in [0.4, 0.5) is 5.69 Å². The van der Waals surface area contributed by atoms with Gasteiger partial charge in [0.25, 0.3) is 0 Å². The van der Waals surface area contributed by atoms with Gasteiger partial charge in [-0.1, -0.05) is 84.0 Å². The highest BCUT2D eigenvalue weighted by atomic mass is 16.5. The molecular weight excluding hydrogens is 490 g/mol. The summed E-state index contributed by atoms with van der Waals surface area (Å²) < 4.78 is 6.36. The van der Waals surface area contributed by atoms with Gasteiger partial charge >= 0.3 is 0 Å². The second-order valence-electron chi connectivity index (χ2n) is 12.4. The second kappa shape index (κ2) is 10.9. The Hall–Kier alpha value is -4.54. The van der Waals surface area contributed by atoms with Crippen molar-refractivity contribution in [1.82, 2.24) is 0 Å². The quantitative estimate of drug-likeness (QED) is 0.339. The third-order valence-corrected chi connectivity index (χ3v) is 6.95. The summed E-state index contributed by atoms with van der Waals surface area (Å²) in [6.07, 6.45) is 6.16. The van der Waals surface area contributed by atoms with E-state index in [0.29, 0.717) is 16.7 Å². The Labute approximate surface area is 239 Å². The molecule has 0 saturated carbocycles. The summed E-state index contributed by atoms with van der Waals surface area (Å²) in [5, 5.41) is 20.9. The molecule has 3 aromatic rings. The highest BCUT2D eigenvalue weighted by molar-refractivity contribution is 5.90. The van der Waals surface area contributed by atoms with Gasteiger partial charge in [0.15, 0.2) is 0 Å². The lowest BCUT2D eigenvalue weighted by Crippen LogP contribution is -2.21. The van der Waals surface area contributed by atoms with Gasteiger partial charge in [-0.15, -0.1) is 0 Å². The van der Waals surface area contributed by atoms with Gasteiger partial charge in [0, 0.05) is 41.7 Å². The number of rotatable bonds is 4. The molecule has 4 rings (SSSR count). The first-order chi connectivity index (χ1) is 18.8. The van der Waals surface area contributed by atoms with E-state index < -0.39 is 0 Å². The molecule has 0 saturated heterocycles. The van der Waals surface area contributed by atoms with Crippen LogP contribution in [0.25, 0.3) is 28.3 Å². The third kappa shape index (κ3) is 5.88. The summed E-state index contributed by atoms with van der Waals surface area (Å²) in [4.78, 5) is 2.04. The Morgan fingerprint density at radius 2 is 1.27 bits per heavy atom. The second-order valence-corrected chi connectivity index (χ2v) is 12.4. The van der Waals surface area contributed by atoms with Crippen LogP contribution in [0.3, 0.4) is 0 Å². The predicted octanol–water partition coefficient (Wildman–Crippen LogP) is 9.10. The number of anilines is 1. The van der Waals surface area contributed by atoms with Crippen LogP contribution in [0, 0.1) is 33.5 Å². The zero-order valence-corrected chi connectivity index (χ0v) is 24.8. The Morgan fingerprint density at radius 3 is 1.75 bits per heavy atom. The number of nitrogens with zero attached hydrogens (tertiary/aromatic N) is 3. The van der Waals surface area contributed by atoms with Gasteiger partial charge in [-0.2, -0.15) is 10.5 Å². The van der Waals surface area contributed by atoms with Crippen molar-refractivity contribution in [3.63, 3.8) is 0 Å². The minimum atomic E-state index is -0.193. The van der Waals surface area contributed by atoms with Crippen LogP contribution in [-0.2, 0) is 4.74 Å². The monoisotopic (exact) mass is 527 g/mol. The van der Waals surface area contributed by atoms with Crippen molar-refractivity contribution in [3.8, 4) is 34.4 Å². The largest absolute Gasteiger partial charge is 0.465 e. The summed E-state index contributed by atoms with van der Waals surface area (Å²) in [5.41, 5.74) is 6.58. The van der Waals surface area contributed by atoms with Crippen molar-refractivity contribution in [3.05, 3.63) is 107 Å². The molecule has 1 aliphatic heterocycles. The van der Waals surface area contributed by atoms with Gasteiger partial charge in [0.1, 0.15) is 23.7 Å². The number of allylic oxidation sites excluding steroid dienone is 5. The molecule has 4 nitrogen and oxygen atoms in total. The summed E-state index contributed by atoms with van der Waals surface area (Å²) >= 11 is 0. The smallest absolute Gasteiger partial charge is 0.110 e. The summed E-state index contributed by atoms with van der Waals surface area (Å²) in [6, 6.07) is 24.7. The van der Waals surface area contributed by atoms with E-state index >= 15 is 0 Å². The van der Waals surface area contributed by atoms with E-state index in [-0.39, 0.29) is 10.8 Å². The molecule has 0 radical (unpaired) electrons. The van der Waals surface area contributed by atoms with Crippen molar-refractivity contribution < 1.29 is 4.74 Å².